The van der Waals surface area contributed by atoms with E-state index in [2.05, 4.69) is 5.32 Å². The zero-order chi connectivity index (χ0) is 11.8. The summed E-state index contributed by atoms with van der Waals surface area (Å²) in [6.45, 7) is 3.09. The lowest BCUT2D eigenvalue weighted by atomic mass is 10.3. The normalized spacial score (nSPS) is 9.29. The monoisotopic (exact) mass is 258 g/mol. The molecule has 0 fully saturated rings. The zero-order valence-electron chi connectivity index (χ0n) is 9.94. The number of nitrogens with two attached hydrogens (primary N) is 1. The number of carbonyl (C=O) groups excluding carboxylic acids is 1. The van der Waals surface area contributed by atoms with Gasteiger partial charge in [0.1, 0.15) is 5.75 Å². The number of rotatable bonds is 6. The molecule has 1 amide bonds. The third-order valence-corrected chi connectivity index (χ3v) is 1.96. The number of benzene rings is 1. The van der Waals surface area contributed by atoms with Crippen molar-refractivity contribution in [3.63, 3.8) is 0 Å². The molecular formula is C12H19ClN2O2. The molecule has 17 heavy (non-hydrogen) atoms. The van der Waals surface area contributed by atoms with Crippen LogP contribution in [0, 0.1) is 0 Å². The highest BCUT2D eigenvalue weighted by Gasteiger charge is 2.01. The molecule has 0 saturated heterocycles. The molecule has 0 aromatic heterocycles. The highest BCUT2D eigenvalue weighted by molar-refractivity contribution is 5.90. The van der Waals surface area contributed by atoms with Gasteiger partial charge in [0.15, 0.2) is 0 Å². The predicted molar refractivity (Wildman–Crippen MR) is 71.8 cm³/mol. The standard InChI is InChI=1S/C12H18N2O2.ClH/c1-2-8-16-11-5-3-4-10(9-11)14-12(15)6-7-13;/h3-5,9H,2,6-8,13H2,1H3,(H,14,15);1H. The summed E-state index contributed by atoms with van der Waals surface area (Å²) < 4.78 is 5.46. The van der Waals surface area contributed by atoms with E-state index in [9.17, 15) is 4.79 Å². The van der Waals surface area contributed by atoms with Crippen LogP contribution in [0.25, 0.3) is 0 Å². The summed E-state index contributed by atoms with van der Waals surface area (Å²) in [7, 11) is 0. The van der Waals surface area contributed by atoms with E-state index in [1.54, 1.807) is 0 Å². The van der Waals surface area contributed by atoms with E-state index in [4.69, 9.17) is 10.5 Å². The van der Waals surface area contributed by atoms with E-state index >= 15 is 0 Å². The SMILES string of the molecule is CCCOc1cccc(NC(=O)CCN)c1.Cl. The van der Waals surface area contributed by atoms with Crippen molar-refractivity contribution in [1.82, 2.24) is 0 Å². The van der Waals surface area contributed by atoms with Crippen LogP contribution in [-0.2, 0) is 4.79 Å². The molecule has 1 aromatic carbocycles. The second kappa shape index (κ2) is 8.84. The van der Waals surface area contributed by atoms with Crippen molar-refractivity contribution in [3.8, 4) is 5.75 Å². The molecule has 0 heterocycles. The summed E-state index contributed by atoms with van der Waals surface area (Å²) in [5.41, 5.74) is 6.04. The number of hydrogen-bond acceptors (Lipinski definition) is 3. The fourth-order valence-electron chi connectivity index (χ4n) is 1.24. The van der Waals surface area contributed by atoms with Gasteiger partial charge in [-0.15, -0.1) is 12.4 Å². The van der Waals surface area contributed by atoms with Crippen LogP contribution >= 0.6 is 12.4 Å². The number of nitrogens with one attached hydrogen (secondary N) is 1. The summed E-state index contributed by atoms with van der Waals surface area (Å²) in [6, 6.07) is 7.36. The number of amides is 1. The number of anilines is 1. The van der Waals surface area contributed by atoms with Gasteiger partial charge >= 0.3 is 0 Å². The van der Waals surface area contributed by atoms with Gasteiger partial charge < -0.3 is 15.8 Å². The Morgan fingerprint density at radius 1 is 1.47 bits per heavy atom. The first-order valence-corrected chi connectivity index (χ1v) is 5.49. The number of halogens is 1. The molecule has 0 aliphatic carbocycles. The summed E-state index contributed by atoms with van der Waals surface area (Å²) in [5.74, 6) is 0.697. The molecule has 0 unspecified atom stereocenters. The summed E-state index contributed by atoms with van der Waals surface area (Å²) >= 11 is 0. The lowest BCUT2D eigenvalue weighted by molar-refractivity contribution is -0.116. The molecule has 0 radical (unpaired) electrons. The minimum atomic E-state index is -0.0739. The van der Waals surface area contributed by atoms with Crippen LogP contribution in [0.4, 0.5) is 5.69 Å². The zero-order valence-corrected chi connectivity index (χ0v) is 10.8. The van der Waals surface area contributed by atoms with Crippen LogP contribution < -0.4 is 15.8 Å². The molecule has 0 atom stereocenters. The summed E-state index contributed by atoms with van der Waals surface area (Å²) in [6.07, 6.45) is 1.30. The maximum absolute atomic E-state index is 11.3. The second-order valence-electron chi connectivity index (χ2n) is 3.46. The molecule has 1 aromatic rings. The molecule has 5 heteroatoms. The van der Waals surface area contributed by atoms with Gasteiger partial charge in [-0.1, -0.05) is 13.0 Å². The smallest absolute Gasteiger partial charge is 0.225 e. The van der Waals surface area contributed by atoms with Crippen LogP contribution in [0.1, 0.15) is 19.8 Å². The Bertz CT molecular complexity index is 345. The summed E-state index contributed by atoms with van der Waals surface area (Å²) in [4.78, 5) is 11.3. The maximum Gasteiger partial charge on any atom is 0.225 e. The first kappa shape index (κ1) is 15.7. The van der Waals surface area contributed by atoms with Crippen molar-refractivity contribution in [3.05, 3.63) is 24.3 Å². The molecule has 3 N–H and O–H groups in total. The van der Waals surface area contributed by atoms with Crippen molar-refractivity contribution in [2.45, 2.75) is 19.8 Å². The highest BCUT2D eigenvalue weighted by atomic mass is 35.5. The van der Waals surface area contributed by atoms with E-state index in [-0.39, 0.29) is 18.3 Å². The van der Waals surface area contributed by atoms with E-state index in [1.165, 1.54) is 0 Å². The number of ether oxygens (including phenoxy) is 1. The molecule has 96 valence electrons. The van der Waals surface area contributed by atoms with Gasteiger partial charge in [0.2, 0.25) is 5.91 Å². The molecule has 1 rings (SSSR count). The molecule has 0 saturated carbocycles. The average Bonchev–Trinajstić information content (AvgIpc) is 2.27. The van der Waals surface area contributed by atoms with Crippen LogP contribution in [0.5, 0.6) is 5.75 Å². The van der Waals surface area contributed by atoms with Gasteiger partial charge in [-0.3, -0.25) is 4.79 Å². The minimum Gasteiger partial charge on any atom is -0.494 e. The van der Waals surface area contributed by atoms with Gasteiger partial charge in [-0.05, 0) is 18.6 Å². The Morgan fingerprint density at radius 2 is 2.24 bits per heavy atom. The first-order valence-electron chi connectivity index (χ1n) is 5.49. The molecule has 0 aliphatic heterocycles. The summed E-state index contributed by atoms with van der Waals surface area (Å²) in [5, 5.41) is 2.76. The van der Waals surface area contributed by atoms with Gasteiger partial charge in [-0.25, -0.2) is 0 Å². The van der Waals surface area contributed by atoms with Gasteiger partial charge in [-0.2, -0.15) is 0 Å². The maximum atomic E-state index is 11.3. The molecule has 0 aliphatic rings. The van der Waals surface area contributed by atoms with E-state index in [0.29, 0.717) is 19.6 Å². The van der Waals surface area contributed by atoms with Crippen molar-refractivity contribution < 1.29 is 9.53 Å². The average molecular weight is 259 g/mol. The molecule has 0 bridgehead atoms. The second-order valence-corrected chi connectivity index (χ2v) is 3.46. The van der Waals surface area contributed by atoms with E-state index in [1.807, 2.05) is 31.2 Å². The van der Waals surface area contributed by atoms with Crippen molar-refractivity contribution in [1.29, 1.82) is 0 Å². The van der Waals surface area contributed by atoms with Crippen LogP contribution in [0.3, 0.4) is 0 Å². The molecular weight excluding hydrogens is 240 g/mol. The lowest BCUT2D eigenvalue weighted by Gasteiger charge is -2.08. The Morgan fingerprint density at radius 3 is 2.88 bits per heavy atom. The fourth-order valence-corrected chi connectivity index (χ4v) is 1.24. The Hall–Kier alpha value is -1.26. The van der Waals surface area contributed by atoms with Gasteiger partial charge in [0.05, 0.1) is 6.61 Å². The van der Waals surface area contributed by atoms with Gasteiger partial charge in [0.25, 0.3) is 0 Å². The fraction of sp³-hybridized carbons (Fsp3) is 0.417. The minimum absolute atomic E-state index is 0. The van der Waals surface area contributed by atoms with Crippen LogP contribution in [0.2, 0.25) is 0 Å². The Kier molecular flexibility index (Phi) is 8.19. The quantitative estimate of drug-likeness (QED) is 0.822. The van der Waals surface area contributed by atoms with Crippen LogP contribution in [0.15, 0.2) is 24.3 Å². The molecule has 4 nitrogen and oxygen atoms in total. The van der Waals surface area contributed by atoms with Crippen LogP contribution in [-0.4, -0.2) is 19.1 Å². The topological polar surface area (TPSA) is 64.3 Å². The largest absolute Gasteiger partial charge is 0.494 e. The highest BCUT2D eigenvalue weighted by Crippen LogP contribution is 2.17. The predicted octanol–water partition coefficient (Wildman–Crippen LogP) is 2.18. The van der Waals surface area contributed by atoms with Gasteiger partial charge in [0, 0.05) is 24.7 Å². The van der Waals surface area contributed by atoms with Crippen molar-refractivity contribution in [2.75, 3.05) is 18.5 Å². The third kappa shape index (κ3) is 6.14. The van der Waals surface area contributed by atoms with E-state index in [0.717, 1.165) is 17.9 Å². The Balaban J connectivity index is 0.00000256. The molecule has 0 spiro atoms. The third-order valence-electron chi connectivity index (χ3n) is 1.96. The van der Waals surface area contributed by atoms with Crippen molar-refractivity contribution in [2.24, 2.45) is 5.73 Å². The first-order chi connectivity index (χ1) is 7.76. The number of hydrogen-bond donors (Lipinski definition) is 2. The van der Waals surface area contributed by atoms with E-state index < -0.39 is 0 Å². The Labute approximate surface area is 108 Å². The number of carbonyl (C=O) groups is 1. The van der Waals surface area contributed by atoms with Crippen molar-refractivity contribution >= 4 is 24.0 Å². The lowest BCUT2D eigenvalue weighted by Crippen LogP contribution is -2.16.